The van der Waals surface area contributed by atoms with Crippen molar-refractivity contribution in [3.8, 4) is 0 Å². The minimum absolute atomic E-state index is 0.0150. The number of rotatable bonds is 4. The number of hydrogen-bond donors (Lipinski definition) is 1. The Morgan fingerprint density at radius 1 is 1.27 bits per heavy atom. The molecule has 1 N–H and O–H groups in total. The predicted octanol–water partition coefficient (Wildman–Crippen LogP) is 3.95. The van der Waals surface area contributed by atoms with Gasteiger partial charge in [0.15, 0.2) is 5.82 Å². The van der Waals surface area contributed by atoms with E-state index in [1.165, 1.54) is 48.7 Å². The van der Waals surface area contributed by atoms with E-state index in [1.54, 1.807) is 0 Å². The minimum Gasteiger partial charge on any atom is -0.306 e. The quantitative estimate of drug-likeness (QED) is 0.520. The average molecular weight is 338 g/mol. The number of halogens is 2. The number of benzene rings is 1. The molecule has 22 heavy (non-hydrogen) atoms. The zero-order valence-corrected chi connectivity index (χ0v) is 12.5. The molecule has 0 bridgehead atoms. The number of nitrogens with zero attached hydrogens (tertiary/aromatic N) is 2. The molecule has 6 nitrogen and oxygen atoms in total. The summed E-state index contributed by atoms with van der Waals surface area (Å²) in [6, 6.07) is 7.25. The van der Waals surface area contributed by atoms with E-state index in [1.807, 2.05) is 0 Å². The number of hydrogen-bond acceptors (Lipinski definition) is 4. The van der Waals surface area contributed by atoms with Gasteiger partial charge in [-0.05, 0) is 29.8 Å². The molecule has 0 atom stereocenters. The number of aromatic nitrogens is 1. The molecule has 0 saturated carbocycles. The van der Waals surface area contributed by atoms with Crippen LogP contribution in [0.25, 0.3) is 6.08 Å². The zero-order valence-electron chi connectivity index (χ0n) is 11.0. The lowest BCUT2D eigenvalue weighted by molar-refractivity contribution is -0.384. The van der Waals surface area contributed by atoms with Crippen LogP contribution in [0.2, 0.25) is 10.0 Å². The van der Waals surface area contributed by atoms with E-state index >= 15 is 0 Å². The van der Waals surface area contributed by atoms with Gasteiger partial charge < -0.3 is 5.32 Å². The van der Waals surface area contributed by atoms with Crippen molar-refractivity contribution in [2.24, 2.45) is 0 Å². The van der Waals surface area contributed by atoms with Crippen LogP contribution in [-0.4, -0.2) is 15.8 Å². The Hall–Kier alpha value is -2.44. The molecule has 0 saturated heterocycles. The summed E-state index contributed by atoms with van der Waals surface area (Å²) in [5, 5.41) is 13.6. The topological polar surface area (TPSA) is 85.1 Å². The van der Waals surface area contributed by atoms with E-state index in [-0.39, 0.29) is 16.5 Å². The third-order valence-corrected chi connectivity index (χ3v) is 3.08. The van der Waals surface area contributed by atoms with Crippen LogP contribution in [0.1, 0.15) is 5.56 Å². The number of carbonyl (C=O) groups is 1. The molecule has 112 valence electrons. The van der Waals surface area contributed by atoms with Gasteiger partial charge in [0.05, 0.1) is 15.0 Å². The fourth-order valence-corrected chi connectivity index (χ4v) is 1.97. The highest BCUT2D eigenvalue weighted by Crippen LogP contribution is 2.22. The molecule has 1 amide bonds. The Labute approximate surface area is 135 Å². The SMILES string of the molecule is O=C(/C=C/c1ccc([N+](=O)[O-])cc1)Nc1ncc(Cl)cc1Cl. The van der Waals surface area contributed by atoms with Crippen LogP contribution in [-0.2, 0) is 4.79 Å². The largest absolute Gasteiger partial charge is 0.306 e. The van der Waals surface area contributed by atoms with E-state index in [9.17, 15) is 14.9 Å². The van der Waals surface area contributed by atoms with Crippen molar-refractivity contribution in [1.82, 2.24) is 4.98 Å². The molecule has 0 spiro atoms. The smallest absolute Gasteiger partial charge is 0.269 e. The Morgan fingerprint density at radius 3 is 2.55 bits per heavy atom. The number of non-ortho nitro benzene ring substituents is 1. The number of anilines is 1. The van der Waals surface area contributed by atoms with Crippen LogP contribution in [0.4, 0.5) is 11.5 Å². The van der Waals surface area contributed by atoms with Gasteiger partial charge in [-0.3, -0.25) is 14.9 Å². The summed E-state index contributed by atoms with van der Waals surface area (Å²) in [5.41, 5.74) is 0.634. The Morgan fingerprint density at radius 2 is 1.95 bits per heavy atom. The van der Waals surface area contributed by atoms with Crippen LogP contribution in [0.5, 0.6) is 0 Å². The molecule has 0 aliphatic rings. The lowest BCUT2D eigenvalue weighted by atomic mass is 10.2. The van der Waals surface area contributed by atoms with Crippen molar-refractivity contribution in [3.05, 3.63) is 68.3 Å². The minimum atomic E-state index is -0.492. The predicted molar refractivity (Wildman–Crippen MR) is 85.0 cm³/mol. The molecule has 2 rings (SSSR count). The molecule has 1 heterocycles. The normalized spacial score (nSPS) is 10.6. The monoisotopic (exact) mass is 337 g/mol. The number of pyridine rings is 1. The summed E-state index contributed by atoms with van der Waals surface area (Å²) in [5.74, 6) is -0.237. The van der Waals surface area contributed by atoms with Gasteiger partial charge in [0.2, 0.25) is 5.91 Å². The van der Waals surface area contributed by atoms with Crippen molar-refractivity contribution in [2.75, 3.05) is 5.32 Å². The fraction of sp³-hybridized carbons (Fsp3) is 0. The first-order valence-corrected chi connectivity index (χ1v) is 6.76. The number of nitro benzene ring substituents is 1. The number of amides is 1. The Bertz CT molecular complexity index is 745. The van der Waals surface area contributed by atoms with E-state index in [0.29, 0.717) is 10.6 Å². The average Bonchev–Trinajstić information content (AvgIpc) is 2.48. The molecular formula is C14H9Cl2N3O3. The first-order valence-electron chi connectivity index (χ1n) is 6.00. The second-order valence-corrected chi connectivity index (χ2v) is 5.00. The molecule has 1 aromatic carbocycles. The molecule has 0 unspecified atom stereocenters. The summed E-state index contributed by atoms with van der Waals surface area (Å²) in [6.07, 6.45) is 4.15. The van der Waals surface area contributed by atoms with Crippen molar-refractivity contribution in [2.45, 2.75) is 0 Å². The maximum Gasteiger partial charge on any atom is 0.269 e. The molecule has 8 heteroatoms. The summed E-state index contributed by atoms with van der Waals surface area (Å²) in [7, 11) is 0. The van der Waals surface area contributed by atoms with Crippen LogP contribution < -0.4 is 5.32 Å². The summed E-state index contributed by atoms with van der Waals surface area (Å²) in [4.78, 5) is 25.7. The molecule has 2 aromatic rings. The van der Waals surface area contributed by atoms with Crippen molar-refractivity contribution in [3.63, 3.8) is 0 Å². The van der Waals surface area contributed by atoms with Crippen LogP contribution in [0.3, 0.4) is 0 Å². The standard InChI is InChI=1S/C14H9Cl2N3O3/c15-10-7-12(16)14(17-8-10)18-13(20)6-3-9-1-4-11(5-2-9)19(21)22/h1-8H,(H,17,18,20)/b6-3+. The van der Waals surface area contributed by atoms with Crippen LogP contribution in [0.15, 0.2) is 42.6 Å². The maximum absolute atomic E-state index is 11.8. The highest BCUT2D eigenvalue weighted by atomic mass is 35.5. The van der Waals surface area contributed by atoms with Gasteiger partial charge in [0.25, 0.3) is 5.69 Å². The van der Waals surface area contributed by atoms with Gasteiger partial charge in [-0.2, -0.15) is 0 Å². The van der Waals surface area contributed by atoms with Gasteiger partial charge >= 0.3 is 0 Å². The van der Waals surface area contributed by atoms with Gasteiger partial charge in [0.1, 0.15) is 0 Å². The molecular weight excluding hydrogens is 329 g/mol. The van der Waals surface area contributed by atoms with Crippen molar-refractivity contribution in [1.29, 1.82) is 0 Å². The number of carbonyl (C=O) groups excluding carboxylic acids is 1. The Balaban J connectivity index is 2.03. The third-order valence-electron chi connectivity index (χ3n) is 2.58. The maximum atomic E-state index is 11.8. The molecule has 0 aliphatic heterocycles. The summed E-state index contributed by atoms with van der Waals surface area (Å²) >= 11 is 11.6. The summed E-state index contributed by atoms with van der Waals surface area (Å²) < 4.78 is 0. The molecule has 0 fully saturated rings. The second kappa shape index (κ2) is 7.02. The molecule has 1 aromatic heterocycles. The second-order valence-electron chi connectivity index (χ2n) is 4.16. The van der Waals surface area contributed by atoms with Crippen molar-refractivity contribution < 1.29 is 9.72 Å². The first kappa shape index (κ1) is 15.9. The van der Waals surface area contributed by atoms with Crippen LogP contribution in [0, 0.1) is 10.1 Å². The number of nitrogens with one attached hydrogen (secondary N) is 1. The lowest BCUT2D eigenvalue weighted by Gasteiger charge is -2.03. The van der Waals surface area contributed by atoms with Crippen LogP contribution >= 0.6 is 23.2 Å². The van der Waals surface area contributed by atoms with E-state index < -0.39 is 10.8 Å². The van der Waals surface area contributed by atoms with Gasteiger partial charge in [-0.25, -0.2) is 4.98 Å². The molecule has 0 radical (unpaired) electrons. The molecule has 0 aliphatic carbocycles. The lowest BCUT2D eigenvalue weighted by Crippen LogP contribution is -2.09. The highest BCUT2D eigenvalue weighted by Gasteiger charge is 2.06. The Kier molecular flexibility index (Phi) is 5.08. The van der Waals surface area contributed by atoms with E-state index in [0.717, 1.165) is 0 Å². The van der Waals surface area contributed by atoms with Gasteiger partial charge in [-0.1, -0.05) is 23.2 Å². The first-order chi connectivity index (χ1) is 10.5. The van der Waals surface area contributed by atoms with Gasteiger partial charge in [-0.15, -0.1) is 0 Å². The third kappa shape index (κ3) is 4.28. The number of nitro groups is 1. The summed E-state index contributed by atoms with van der Waals surface area (Å²) in [6.45, 7) is 0. The zero-order chi connectivity index (χ0) is 16.1. The van der Waals surface area contributed by atoms with E-state index in [4.69, 9.17) is 23.2 Å². The highest BCUT2D eigenvalue weighted by molar-refractivity contribution is 6.36. The van der Waals surface area contributed by atoms with Gasteiger partial charge in [0, 0.05) is 24.4 Å². The van der Waals surface area contributed by atoms with E-state index in [2.05, 4.69) is 10.3 Å². The van der Waals surface area contributed by atoms with Crippen molar-refractivity contribution >= 4 is 46.7 Å². The fourth-order valence-electron chi connectivity index (χ4n) is 1.54.